The molecule has 5 nitrogen and oxygen atoms in total. The van der Waals surface area contributed by atoms with Crippen LogP contribution in [-0.2, 0) is 0 Å². The number of nitrogens with two attached hydrogens (primary N) is 1. The first-order valence-electron chi connectivity index (χ1n) is 2.16. The van der Waals surface area contributed by atoms with Gasteiger partial charge in [0.1, 0.15) is 6.26 Å². The second kappa shape index (κ2) is 2.17. The predicted molar refractivity (Wildman–Crippen MR) is 26.7 cm³/mol. The third-order valence-electron chi connectivity index (χ3n) is 0.598. The van der Waals surface area contributed by atoms with Crippen LogP contribution in [0.3, 0.4) is 0 Å². The fourth-order valence-electron chi connectivity index (χ4n) is 0.347. The molecular weight excluding hydrogens is 124 g/mol. The molecule has 0 atom stereocenters. The van der Waals surface area contributed by atoms with Crippen LogP contribution < -0.4 is 10.5 Å². The van der Waals surface area contributed by atoms with Gasteiger partial charge in [0.15, 0.2) is 0 Å². The summed E-state index contributed by atoms with van der Waals surface area (Å²) >= 11 is 0. The molecule has 0 saturated heterocycles. The second-order valence-corrected chi connectivity index (χ2v) is 1.22. The summed E-state index contributed by atoms with van der Waals surface area (Å²) in [5.74, 6) is 0. The highest BCUT2D eigenvalue weighted by Gasteiger charge is 2.00. The number of oxazole rings is 1. The van der Waals surface area contributed by atoms with Gasteiger partial charge in [-0.3, -0.25) is 0 Å². The Labute approximate surface area is 50.4 Å². The minimum absolute atomic E-state index is 0.137. The topological polar surface area (TPSA) is 78.4 Å². The van der Waals surface area contributed by atoms with Gasteiger partial charge in [0.25, 0.3) is 0 Å². The van der Waals surface area contributed by atoms with Crippen LogP contribution in [0.25, 0.3) is 0 Å². The molecule has 0 spiro atoms. The molecule has 5 heteroatoms. The SMILES string of the molecule is NC(=O)Oc1ncco1. The van der Waals surface area contributed by atoms with E-state index in [-0.39, 0.29) is 6.08 Å². The van der Waals surface area contributed by atoms with Gasteiger partial charge in [0.05, 0.1) is 6.20 Å². The zero-order chi connectivity index (χ0) is 6.69. The van der Waals surface area contributed by atoms with E-state index in [9.17, 15) is 4.79 Å². The maximum atomic E-state index is 9.97. The van der Waals surface area contributed by atoms with E-state index >= 15 is 0 Å². The Hall–Kier alpha value is -1.52. The molecule has 0 aromatic carbocycles. The molecule has 1 aromatic rings. The number of ether oxygens (including phenoxy) is 1. The molecule has 1 heterocycles. The fourth-order valence-corrected chi connectivity index (χ4v) is 0.347. The van der Waals surface area contributed by atoms with E-state index in [0.29, 0.717) is 0 Å². The lowest BCUT2D eigenvalue weighted by molar-refractivity contribution is 0.194. The molecule has 2 N–H and O–H groups in total. The molecule has 1 amide bonds. The van der Waals surface area contributed by atoms with Gasteiger partial charge in [-0.05, 0) is 0 Å². The van der Waals surface area contributed by atoms with Crippen LogP contribution in [0.5, 0.6) is 6.08 Å². The molecule has 0 aliphatic carbocycles. The van der Waals surface area contributed by atoms with E-state index < -0.39 is 6.09 Å². The molecule has 9 heavy (non-hydrogen) atoms. The third-order valence-corrected chi connectivity index (χ3v) is 0.598. The van der Waals surface area contributed by atoms with Gasteiger partial charge in [0.2, 0.25) is 0 Å². The first kappa shape index (κ1) is 5.61. The van der Waals surface area contributed by atoms with E-state index in [1.165, 1.54) is 12.5 Å². The fraction of sp³-hybridized carbons (Fsp3) is 0. The molecule has 1 rings (SSSR count). The van der Waals surface area contributed by atoms with Gasteiger partial charge in [-0.15, -0.1) is 0 Å². The summed E-state index contributed by atoms with van der Waals surface area (Å²) in [6.45, 7) is 0. The average Bonchev–Trinajstić information content (AvgIpc) is 2.15. The van der Waals surface area contributed by atoms with Crippen molar-refractivity contribution in [3.8, 4) is 6.08 Å². The molecule has 0 saturated carbocycles. The molecule has 0 aliphatic rings. The molecule has 0 fully saturated rings. The number of carbonyl (C=O) groups is 1. The number of amides is 1. The van der Waals surface area contributed by atoms with Crippen LogP contribution in [-0.4, -0.2) is 11.1 Å². The largest absolute Gasteiger partial charge is 0.417 e. The predicted octanol–water partition coefficient (Wildman–Crippen LogP) is 0.132. The zero-order valence-electron chi connectivity index (χ0n) is 4.40. The smallest absolute Gasteiger partial charge is 0.413 e. The van der Waals surface area contributed by atoms with Crippen molar-refractivity contribution in [3.05, 3.63) is 12.5 Å². The highest BCUT2D eigenvalue weighted by atomic mass is 16.6. The van der Waals surface area contributed by atoms with Gasteiger partial charge in [-0.1, -0.05) is 0 Å². The Bertz CT molecular complexity index is 194. The lowest BCUT2D eigenvalue weighted by Crippen LogP contribution is -2.16. The number of primary amides is 1. The molecule has 0 unspecified atom stereocenters. The van der Waals surface area contributed by atoms with Crippen LogP contribution in [0.4, 0.5) is 4.79 Å². The van der Waals surface area contributed by atoms with Crippen LogP contribution in [0.2, 0.25) is 0 Å². The number of rotatable bonds is 1. The number of nitrogens with zero attached hydrogens (tertiary/aromatic N) is 1. The lowest BCUT2D eigenvalue weighted by atomic mass is 11.0. The molecule has 0 bridgehead atoms. The maximum Gasteiger partial charge on any atom is 0.413 e. The van der Waals surface area contributed by atoms with Gasteiger partial charge >= 0.3 is 12.2 Å². The molecule has 1 aromatic heterocycles. The number of hydrogen-bond donors (Lipinski definition) is 1. The summed E-state index contributed by atoms with van der Waals surface area (Å²) in [7, 11) is 0. The third kappa shape index (κ3) is 1.45. The van der Waals surface area contributed by atoms with Crippen molar-refractivity contribution >= 4 is 6.09 Å². The molecule has 48 valence electrons. The summed E-state index contributed by atoms with van der Waals surface area (Å²) in [6, 6.07) is 0. The van der Waals surface area contributed by atoms with Crippen molar-refractivity contribution in [1.82, 2.24) is 4.98 Å². The van der Waals surface area contributed by atoms with Gasteiger partial charge in [-0.25, -0.2) is 4.79 Å². The van der Waals surface area contributed by atoms with Gasteiger partial charge < -0.3 is 14.9 Å². The highest BCUT2D eigenvalue weighted by Crippen LogP contribution is 2.02. The van der Waals surface area contributed by atoms with Crippen LogP contribution in [0.15, 0.2) is 16.9 Å². The Balaban J connectivity index is 2.58. The second-order valence-electron chi connectivity index (χ2n) is 1.22. The van der Waals surface area contributed by atoms with E-state index in [1.807, 2.05) is 0 Å². The van der Waals surface area contributed by atoms with Crippen molar-refractivity contribution in [2.45, 2.75) is 0 Å². The summed E-state index contributed by atoms with van der Waals surface area (Å²) in [5.41, 5.74) is 4.62. The summed E-state index contributed by atoms with van der Waals surface area (Å²) in [4.78, 5) is 13.4. The van der Waals surface area contributed by atoms with E-state index in [1.54, 1.807) is 0 Å². The Morgan fingerprint density at radius 1 is 1.89 bits per heavy atom. The first-order valence-corrected chi connectivity index (χ1v) is 2.16. The number of carbonyl (C=O) groups excluding carboxylic acids is 1. The standard InChI is InChI=1S/C4H4N2O3/c5-3(7)9-4-6-1-2-8-4/h1-2H,(H2,5,7). The average molecular weight is 128 g/mol. The minimum Gasteiger partial charge on any atom is -0.417 e. The zero-order valence-corrected chi connectivity index (χ0v) is 4.40. The summed E-state index contributed by atoms with van der Waals surface area (Å²) in [5, 5.41) is 0. The molecule has 0 radical (unpaired) electrons. The van der Waals surface area contributed by atoms with Crippen molar-refractivity contribution < 1.29 is 13.9 Å². The van der Waals surface area contributed by atoms with E-state index in [2.05, 4.69) is 19.9 Å². The van der Waals surface area contributed by atoms with Gasteiger partial charge in [0, 0.05) is 0 Å². The van der Waals surface area contributed by atoms with E-state index in [4.69, 9.17) is 0 Å². The monoisotopic (exact) mass is 128 g/mol. The normalized spacial score (nSPS) is 8.89. The lowest BCUT2D eigenvalue weighted by Gasteiger charge is -1.88. The summed E-state index contributed by atoms with van der Waals surface area (Å²) in [6.07, 6.45) is 1.55. The molecular formula is C4H4N2O3. The maximum absolute atomic E-state index is 9.97. The quantitative estimate of drug-likeness (QED) is 0.583. The Morgan fingerprint density at radius 2 is 2.67 bits per heavy atom. The minimum atomic E-state index is -0.933. The van der Waals surface area contributed by atoms with Crippen molar-refractivity contribution in [3.63, 3.8) is 0 Å². The van der Waals surface area contributed by atoms with E-state index in [0.717, 1.165) is 0 Å². The molecule has 0 aliphatic heterocycles. The van der Waals surface area contributed by atoms with Crippen LogP contribution in [0, 0.1) is 0 Å². The van der Waals surface area contributed by atoms with Crippen molar-refractivity contribution in [2.24, 2.45) is 5.73 Å². The van der Waals surface area contributed by atoms with Crippen molar-refractivity contribution in [2.75, 3.05) is 0 Å². The van der Waals surface area contributed by atoms with Gasteiger partial charge in [-0.2, -0.15) is 4.98 Å². The Kier molecular flexibility index (Phi) is 1.35. The van der Waals surface area contributed by atoms with Crippen molar-refractivity contribution in [1.29, 1.82) is 0 Å². The Morgan fingerprint density at radius 3 is 3.11 bits per heavy atom. The number of aromatic nitrogens is 1. The first-order chi connectivity index (χ1) is 4.29. The number of hydrogen-bond acceptors (Lipinski definition) is 4. The van der Waals surface area contributed by atoms with Crippen LogP contribution in [0.1, 0.15) is 0 Å². The highest BCUT2D eigenvalue weighted by molar-refractivity contribution is 5.66. The van der Waals surface area contributed by atoms with Crippen LogP contribution >= 0.6 is 0 Å². The summed E-state index contributed by atoms with van der Waals surface area (Å²) < 4.78 is 8.73.